The number of carboxylic acid groups (broad SMARTS) is 2. The Morgan fingerprint density at radius 2 is 1.80 bits per heavy atom. The van der Waals surface area contributed by atoms with Crippen LogP contribution < -0.4 is 22.1 Å². The van der Waals surface area contributed by atoms with E-state index in [1.165, 1.54) is 11.8 Å². The Morgan fingerprint density at radius 3 is 2.37 bits per heavy atom. The summed E-state index contributed by atoms with van der Waals surface area (Å²) in [6.45, 7) is 2.23. The fourth-order valence-electron chi connectivity index (χ4n) is 3.22. The molecule has 1 aliphatic heterocycles. The minimum absolute atomic E-state index is 0.260. The SMILES string of the molecule is C[C@H](NC(=O)[C@@H](N)CCCCN)C(=O)N1CCC[C@H]1C(=O)N[C@@H](CC(=O)O)C(=O)O. The van der Waals surface area contributed by atoms with Gasteiger partial charge in [0.15, 0.2) is 0 Å². The van der Waals surface area contributed by atoms with Crippen molar-refractivity contribution in [2.45, 2.75) is 69.6 Å². The van der Waals surface area contributed by atoms with Crippen molar-refractivity contribution in [3.63, 3.8) is 0 Å². The largest absolute Gasteiger partial charge is 0.481 e. The first-order chi connectivity index (χ1) is 14.1. The van der Waals surface area contributed by atoms with Crippen LogP contribution in [0.3, 0.4) is 0 Å². The summed E-state index contributed by atoms with van der Waals surface area (Å²) in [5.41, 5.74) is 11.2. The Balaban J connectivity index is 2.69. The third-order valence-corrected chi connectivity index (χ3v) is 4.87. The first-order valence-electron chi connectivity index (χ1n) is 9.90. The van der Waals surface area contributed by atoms with E-state index >= 15 is 0 Å². The van der Waals surface area contributed by atoms with Gasteiger partial charge in [0, 0.05) is 6.54 Å². The molecule has 1 heterocycles. The summed E-state index contributed by atoms with van der Waals surface area (Å²) < 4.78 is 0. The molecule has 0 aromatic rings. The number of aliphatic carboxylic acids is 2. The predicted octanol–water partition coefficient (Wildman–Crippen LogP) is -2.02. The molecule has 0 bridgehead atoms. The molecule has 170 valence electrons. The van der Waals surface area contributed by atoms with E-state index in [0.717, 1.165) is 6.42 Å². The quantitative estimate of drug-likeness (QED) is 0.189. The maximum Gasteiger partial charge on any atom is 0.326 e. The molecular weight excluding hydrogens is 398 g/mol. The smallest absolute Gasteiger partial charge is 0.326 e. The summed E-state index contributed by atoms with van der Waals surface area (Å²) in [6, 6.07) is -4.25. The summed E-state index contributed by atoms with van der Waals surface area (Å²) >= 11 is 0. The number of hydrogen-bond acceptors (Lipinski definition) is 7. The lowest BCUT2D eigenvalue weighted by molar-refractivity contribution is -0.148. The molecule has 4 atom stereocenters. The van der Waals surface area contributed by atoms with Crippen molar-refractivity contribution in [1.29, 1.82) is 0 Å². The highest BCUT2D eigenvalue weighted by Gasteiger charge is 2.38. The fourth-order valence-corrected chi connectivity index (χ4v) is 3.22. The minimum atomic E-state index is -1.60. The molecule has 1 rings (SSSR count). The van der Waals surface area contributed by atoms with Crippen molar-refractivity contribution in [3.8, 4) is 0 Å². The number of hydrogen-bond donors (Lipinski definition) is 6. The predicted molar refractivity (Wildman–Crippen MR) is 105 cm³/mol. The number of amides is 3. The molecule has 0 saturated carbocycles. The van der Waals surface area contributed by atoms with Gasteiger partial charge in [-0.05, 0) is 39.2 Å². The molecule has 12 heteroatoms. The van der Waals surface area contributed by atoms with Crippen molar-refractivity contribution in [1.82, 2.24) is 15.5 Å². The number of nitrogens with two attached hydrogens (primary N) is 2. The van der Waals surface area contributed by atoms with Crippen molar-refractivity contribution >= 4 is 29.7 Å². The van der Waals surface area contributed by atoms with E-state index in [2.05, 4.69) is 10.6 Å². The lowest BCUT2D eigenvalue weighted by Gasteiger charge is -2.28. The van der Waals surface area contributed by atoms with E-state index in [1.807, 2.05) is 0 Å². The van der Waals surface area contributed by atoms with Gasteiger partial charge in [0.05, 0.1) is 12.5 Å². The number of nitrogens with one attached hydrogen (secondary N) is 2. The number of carbonyl (C=O) groups is 5. The van der Waals surface area contributed by atoms with E-state index in [1.54, 1.807) is 0 Å². The zero-order valence-electron chi connectivity index (χ0n) is 17.0. The molecule has 0 aromatic heterocycles. The van der Waals surface area contributed by atoms with Crippen LogP contribution in [0.25, 0.3) is 0 Å². The number of carbonyl (C=O) groups excluding carboxylic acids is 3. The van der Waals surface area contributed by atoms with Gasteiger partial charge in [0.1, 0.15) is 18.1 Å². The van der Waals surface area contributed by atoms with Crippen LogP contribution in [0.1, 0.15) is 45.4 Å². The van der Waals surface area contributed by atoms with Crippen LogP contribution in [0.5, 0.6) is 0 Å². The second-order valence-corrected chi connectivity index (χ2v) is 7.31. The number of rotatable bonds is 12. The lowest BCUT2D eigenvalue weighted by atomic mass is 10.1. The van der Waals surface area contributed by atoms with Gasteiger partial charge in [0.2, 0.25) is 17.7 Å². The first kappa shape index (κ1) is 25.3. The Morgan fingerprint density at radius 1 is 1.13 bits per heavy atom. The molecule has 12 nitrogen and oxygen atoms in total. The maximum atomic E-state index is 12.7. The molecule has 1 saturated heterocycles. The highest BCUT2D eigenvalue weighted by Crippen LogP contribution is 2.19. The second-order valence-electron chi connectivity index (χ2n) is 7.31. The van der Waals surface area contributed by atoms with Gasteiger partial charge in [-0.1, -0.05) is 6.42 Å². The molecule has 1 aliphatic rings. The van der Waals surface area contributed by atoms with Gasteiger partial charge < -0.3 is 37.2 Å². The molecule has 1 fully saturated rings. The highest BCUT2D eigenvalue weighted by atomic mass is 16.4. The van der Waals surface area contributed by atoms with E-state index < -0.39 is 60.2 Å². The van der Waals surface area contributed by atoms with Gasteiger partial charge in [-0.15, -0.1) is 0 Å². The average molecular weight is 429 g/mol. The van der Waals surface area contributed by atoms with E-state index in [4.69, 9.17) is 21.7 Å². The summed E-state index contributed by atoms with van der Waals surface area (Å²) in [5, 5.41) is 22.6. The zero-order chi connectivity index (χ0) is 22.8. The number of likely N-dealkylation sites (tertiary alicyclic amines) is 1. The Kier molecular flexibility index (Phi) is 10.2. The first-order valence-corrected chi connectivity index (χ1v) is 9.90. The number of nitrogens with zero attached hydrogens (tertiary/aromatic N) is 1. The molecular formula is C18H31N5O7. The highest BCUT2D eigenvalue weighted by molar-refractivity contribution is 5.94. The summed E-state index contributed by atoms with van der Waals surface area (Å²) in [6.07, 6.45) is 1.88. The van der Waals surface area contributed by atoms with E-state index in [9.17, 15) is 24.0 Å². The third kappa shape index (κ3) is 7.59. The van der Waals surface area contributed by atoms with Crippen LogP contribution >= 0.6 is 0 Å². The van der Waals surface area contributed by atoms with Gasteiger partial charge in [-0.3, -0.25) is 19.2 Å². The molecule has 3 amide bonds. The van der Waals surface area contributed by atoms with Crippen LogP contribution in [-0.2, 0) is 24.0 Å². The minimum Gasteiger partial charge on any atom is -0.481 e. The fraction of sp³-hybridized carbons (Fsp3) is 0.722. The Labute approximate surface area is 174 Å². The molecule has 30 heavy (non-hydrogen) atoms. The number of unbranched alkanes of at least 4 members (excludes halogenated alkanes) is 1. The Bertz CT molecular complexity index is 657. The van der Waals surface area contributed by atoms with Crippen molar-refractivity contribution < 1.29 is 34.2 Å². The normalized spacial score (nSPS) is 18.9. The standard InChI is InChI=1S/C18H31N5O7/c1-10(21-15(26)11(20)5-2-3-7-19)17(28)23-8-4-6-13(23)16(27)22-12(18(29)30)9-14(24)25/h10-13H,2-9,19-20H2,1H3,(H,21,26)(H,22,27)(H,24,25)(H,29,30)/t10-,11-,12-,13-/m0/s1. The topological polar surface area (TPSA) is 205 Å². The van der Waals surface area contributed by atoms with Crippen LogP contribution in [0.15, 0.2) is 0 Å². The molecule has 0 aliphatic carbocycles. The lowest BCUT2D eigenvalue weighted by Crippen LogP contribution is -2.56. The average Bonchev–Trinajstić information content (AvgIpc) is 3.16. The Hall–Kier alpha value is -2.73. The monoisotopic (exact) mass is 429 g/mol. The summed E-state index contributed by atoms with van der Waals surface area (Å²) in [7, 11) is 0. The molecule has 0 spiro atoms. The zero-order valence-corrected chi connectivity index (χ0v) is 17.0. The van der Waals surface area contributed by atoms with Crippen LogP contribution in [0, 0.1) is 0 Å². The van der Waals surface area contributed by atoms with Crippen molar-refractivity contribution in [2.75, 3.05) is 13.1 Å². The van der Waals surface area contributed by atoms with Gasteiger partial charge in [-0.25, -0.2) is 4.79 Å². The summed E-state index contributed by atoms with van der Waals surface area (Å²) in [4.78, 5) is 60.6. The van der Waals surface area contributed by atoms with E-state index in [0.29, 0.717) is 32.2 Å². The molecule has 0 aromatic carbocycles. The van der Waals surface area contributed by atoms with Crippen LogP contribution in [0.2, 0.25) is 0 Å². The van der Waals surface area contributed by atoms with Crippen molar-refractivity contribution in [2.24, 2.45) is 11.5 Å². The molecule has 0 unspecified atom stereocenters. The van der Waals surface area contributed by atoms with Crippen LogP contribution in [0.4, 0.5) is 0 Å². The number of carboxylic acids is 2. The van der Waals surface area contributed by atoms with Gasteiger partial charge in [0.25, 0.3) is 0 Å². The maximum absolute atomic E-state index is 12.7. The third-order valence-electron chi connectivity index (χ3n) is 4.87. The van der Waals surface area contributed by atoms with Crippen LogP contribution in [-0.4, -0.2) is 82.0 Å². The van der Waals surface area contributed by atoms with E-state index in [-0.39, 0.29) is 6.54 Å². The molecule has 0 radical (unpaired) electrons. The van der Waals surface area contributed by atoms with Gasteiger partial charge in [-0.2, -0.15) is 0 Å². The van der Waals surface area contributed by atoms with Crippen molar-refractivity contribution in [3.05, 3.63) is 0 Å². The second kappa shape index (κ2) is 12.1. The van der Waals surface area contributed by atoms with Gasteiger partial charge >= 0.3 is 11.9 Å². The molecule has 8 N–H and O–H groups in total. The summed E-state index contributed by atoms with van der Waals surface area (Å²) in [5.74, 6) is -4.58.